The Bertz CT molecular complexity index is 393. The van der Waals surface area contributed by atoms with Gasteiger partial charge in [0.05, 0.1) is 12.3 Å². The molecule has 1 aromatic carbocycles. The molecule has 0 spiro atoms. The minimum Gasteiger partial charge on any atom is -0.466 e. The van der Waals surface area contributed by atoms with Crippen LogP contribution in [0, 0.1) is 0 Å². The van der Waals surface area contributed by atoms with Crippen molar-refractivity contribution in [3.63, 3.8) is 0 Å². The van der Waals surface area contributed by atoms with Crippen LogP contribution in [0.1, 0.15) is 18.9 Å². The molecule has 1 aromatic rings. The number of hydrogen-bond acceptors (Lipinski definition) is 5. The first-order chi connectivity index (χ1) is 8.67. The van der Waals surface area contributed by atoms with Gasteiger partial charge in [-0.05, 0) is 31.0 Å². The first-order valence-electron chi connectivity index (χ1n) is 5.83. The van der Waals surface area contributed by atoms with Gasteiger partial charge in [-0.1, -0.05) is 6.07 Å². The van der Waals surface area contributed by atoms with E-state index in [-0.39, 0.29) is 12.8 Å². The van der Waals surface area contributed by atoms with Crippen LogP contribution in [0.2, 0.25) is 0 Å². The molecule has 0 radical (unpaired) electrons. The predicted octanol–water partition coefficient (Wildman–Crippen LogP) is 1.75. The van der Waals surface area contributed by atoms with E-state index in [0.717, 1.165) is 5.56 Å². The second-order valence-corrected chi connectivity index (χ2v) is 3.73. The summed E-state index contributed by atoms with van der Waals surface area (Å²) in [6.07, 6.45) is 0.957. The van der Waals surface area contributed by atoms with Crippen molar-refractivity contribution in [2.75, 3.05) is 26.2 Å². The van der Waals surface area contributed by atoms with Crippen molar-refractivity contribution < 1.29 is 19.0 Å². The second kappa shape index (κ2) is 7.55. The van der Waals surface area contributed by atoms with Crippen LogP contribution in [0.5, 0.6) is 5.75 Å². The van der Waals surface area contributed by atoms with Gasteiger partial charge in [-0.2, -0.15) is 0 Å². The van der Waals surface area contributed by atoms with Gasteiger partial charge >= 0.3 is 5.97 Å². The molecular formula is C13H19NO4. The van der Waals surface area contributed by atoms with E-state index < -0.39 is 0 Å². The van der Waals surface area contributed by atoms with Gasteiger partial charge < -0.3 is 19.9 Å². The fourth-order valence-electron chi connectivity index (χ4n) is 1.49. The van der Waals surface area contributed by atoms with Crippen molar-refractivity contribution in [1.82, 2.24) is 0 Å². The number of ether oxygens (including phenoxy) is 3. The normalized spacial score (nSPS) is 10.1. The number of benzene rings is 1. The van der Waals surface area contributed by atoms with Gasteiger partial charge in [0.1, 0.15) is 5.75 Å². The standard InChI is InChI=1S/C13H19NO4/c1-3-17-13(15)7-5-10-4-6-12(11(14)8-10)18-9-16-2/h4,6,8H,3,5,7,9,14H2,1-2H3. The van der Waals surface area contributed by atoms with Gasteiger partial charge in [0.2, 0.25) is 0 Å². The Balaban J connectivity index is 2.53. The molecule has 0 saturated heterocycles. The molecule has 0 atom stereocenters. The van der Waals surface area contributed by atoms with Crippen molar-refractivity contribution in [3.8, 4) is 5.75 Å². The summed E-state index contributed by atoms with van der Waals surface area (Å²) in [5, 5.41) is 0. The summed E-state index contributed by atoms with van der Waals surface area (Å²) in [5.41, 5.74) is 7.34. The maximum Gasteiger partial charge on any atom is 0.306 e. The largest absolute Gasteiger partial charge is 0.466 e. The topological polar surface area (TPSA) is 70.8 Å². The molecule has 5 nitrogen and oxygen atoms in total. The van der Waals surface area contributed by atoms with E-state index in [4.69, 9.17) is 19.9 Å². The zero-order valence-electron chi connectivity index (χ0n) is 10.8. The van der Waals surface area contributed by atoms with Crippen LogP contribution in [0.15, 0.2) is 18.2 Å². The highest BCUT2D eigenvalue weighted by Gasteiger charge is 2.05. The molecule has 0 unspecified atom stereocenters. The Morgan fingerprint density at radius 3 is 2.78 bits per heavy atom. The summed E-state index contributed by atoms with van der Waals surface area (Å²) < 4.78 is 14.9. The molecule has 0 amide bonds. The minimum atomic E-state index is -0.198. The first-order valence-corrected chi connectivity index (χ1v) is 5.83. The zero-order chi connectivity index (χ0) is 13.4. The van der Waals surface area contributed by atoms with E-state index in [1.54, 1.807) is 26.2 Å². The van der Waals surface area contributed by atoms with E-state index in [1.807, 2.05) is 6.07 Å². The number of nitrogens with two attached hydrogens (primary N) is 1. The summed E-state index contributed by atoms with van der Waals surface area (Å²) in [4.78, 5) is 11.2. The molecular weight excluding hydrogens is 234 g/mol. The van der Waals surface area contributed by atoms with Gasteiger partial charge in [0, 0.05) is 13.5 Å². The van der Waals surface area contributed by atoms with Crippen LogP contribution in [0.4, 0.5) is 5.69 Å². The quantitative estimate of drug-likeness (QED) is 0.455. The predicted molar refractivity (Wildman–Crippen MR) is 68.3 cm³/mol. The van der Waals surface area contributed by atoms with E-state index in [1.165, 1.54) is 0 Å². The summed E-state index contributed by atoms with van der Waals surface area (Å²) in [5.74, 6) is 0.382. The minimum absolute atomic E-state index is 0.159. The number of nitrogen functional groups attached to an aromatic ring is 1. The van der Waals surface area contributed by atoms with E-state index in [2.05, 4.69) is 0 Å². The van der Waals surface area contributed by atoms with Crippen LogP contribution < -0.4 is 10.5 Å². The van der Waals surface area contributed by atoms with Crippen LogP contribution >= 0.6 is 0 Å². The third-order valence-corrected chi connectivity index (χ3v) is 2.33. The Hall–Kier alpha value is -1.75. The number of anilines is 1. The number of hydrogen-bond donors (Lipinski definition) is 1. The molecule has 100 valence electrons. The first kappa shape index (κ1) is 14.3. The smallest absolute Gasteiger partial charge is 0.306 e. The van der Waals surface area contributed by atoms with Crippen LogP contribution in [0.25, 0.3) is 0 Å². The van der Waals surface area contributed by atoms with Crippen molar-refractivity contribution >= 4 is 11.7 Å². The molecule has 0 aliphatic heterocycles. The van der Waals surface area contributed by atoms with Crippen LogP contribution in [0.3, 0.4) is 0 Å². The zero-order valence-corrected chi connectivity index (χ0v) is 10.8. The molecule has 0 bridgehead atoms. The highest BCUT2D eigenvalue weighted by atomic mass is 16.7. The van der Waals surface area contributed by atoms with Gasteiger partial charge in [-0.25, -0.2) is 0 Å². The Kier molecular flexibility index (Phi) is 6.00. The van der Waals surface area contributed by atoms with Crippen LogP contribution in [-0.4, -0.2) is 26.5 Å². The number of aryl methyl sites for hydroxylation is 1. The van der Waals surface area contributed by atoms with Crippen molar-refractivity contribution in [2.24, 2.45) is 0 Å². The third-order valence-electron chi connectivity index (χ3n) is 2.33. The number of carbonyl (C=O) groups excluding carboxylic acids is 1. The molecule has 1 rings (SSSR count). The maximum absolute atomic E-state index is 11.2. The highest BCUT2D eigenvalue weighted by Crippen LogP contribution is 2.23. The van der Waals surface area contributed by atoms with Crippen molar-refractivity contribution in [2.45, 2.75) is 19.8 Å². The van der Waals surface area contributed by atoms with E-state index in [0.29, 0.717) is 30.9 Å². The Labute approximate surface area is 107 Å². The highest BCUT2D eigenvalue weighted by molar-refractivity contribution is 5.69. The molecule has 0 heterocycles. The summed E-state index contributed by atoms with van der Waals surface area (Å²) >= 11 is 0. The summed E-state index contributed by atoms with van der Waals surface area (Å²) in [7, 11) is 1.55. The average molecular weight is 253 g/mol. The number of esters is 1. The fourth-order valence-corrected chi connectivity index (χ4v) is 1.49. The van der Waals surface area contributed by atoms with Gasteiger partial charge in [-0.15, -0.1) is 0 Å². The number of rotatable bonds is 7. The lowest BCUT2D eigenvalue weighted by Crippen LogP contribution is -2.06. The molecule has 0 saturated carbocycles. The lowest BCUT2D eigenvalue weighted by molar-refractivity contribution is -0.143. The molecule has 0 aromatic heterocycles. The van der Waals surface area contributed by atoms with Crippen molar-refractivity contribution in [1.29, 1.82) is 0 Å². The maximum atomic E-state index is 11.2. The molecule has 5 heteroatoms. The van der Waals surface area contributed by atoms with Crippen molar-refractivity contribution in [3.05, 3.63) is 23.8 Å². The SMILES string of the molecule is CCOC(=O)CCc1ccc(OCOC)c(N)c1. The molecule has 0 aliphatic rings. The van der Waals surface area contributed by atoms with Gasteiger partial charge in [0.25, 0.3) is 0 Å². The molecule has 2 N–H and O–H groups in total. The Morgan fingerprint density at radius 2 is 2.17 bits per heavy atom. The number of carbonyl (C=O) groups is 1. The summed E-state index contributed by atoms with van der Waals surface area (Å²) in [6.45, 7) is 2.36. The average Bonchev–Trinajstić information content (AvgIpc) is 2.35. The van der Waals surface area contributed by atoms with E-state index >= 15 is 0 Å². The molecule has 0 fully saturated rings. The van der Waals surface area contributed by atoms with Crippen LogP contribution in [-0.2, 0) is 20.7 Å². The Morgan fingerprint density at radius 1 is 1.39 bits per heavy atom. The summed E-state index contributed by atoms with van der Waals surface area (Å²) in [6, 6.07) is 5.44. The third kappa shape index (κ3) is 4.63. The monoisotopic (exact) mass is 253 g/mol. The number of methoxy groups -OCH3 is 1. The second-order valence-electron chi connectivity index (χ2n) is 3.73. The molecule has 0 aliphatic carbocycles. The lowest BCUT2D eigenvalue weighted by atomic mass is 10.1. The van der Waals surface area contributed by atoms with E-state index in [9.17, 15) is 4.79 Å². The lowest BCUT2D eigenvalue weighted by Gasteiger charge is -2.09. The van der Waals surface area contributed by atoms with Gasteiger partial charge in [-0.3, -0.25) is 4.79 Å². The van der Waals surface area contributed by atoms with Gasteiger partial charge in [0.15, 0.2) is 6.79 Å². The fraction of sp³-hybridized carbons (Fsp3) is 0.462. The molecule has 18 heavy (non-hydrogen) atoms.